The van der Waals surface area contributed by atoms with Crippen LogP contribution in [0.25, 0.3) is 11.1 Å². The lowest BCUT2D eigenvalue weighted by atomic mass is 9.98. The lowest BCUT2D eigenvalue weighted by Crippen LogP contribution is -2.42. The van der Waals surface area contributed by atoms with E-state index >= 15 is 0 Å². The first-order chi connectivity index (χ1) is 15.9. The maximum atomic E-state index is 14.0. The fraction of sp³-hybridized carbons (Fsp3) is 0.160. The van der Waals surface area contributed by atoms with Crippen LogP contribution in [0.3, 0.4) is 0 Å². The van der Waals surface area contributed by atoms with Crippen LogP contribution in [0.4, 0.5) is 14.9 Å². The third kappa shape index (κ3) is 4.41. The van der Waals surface area contributed by atoms with Crippen molar-refractivity contribution in [2.75, 3.05) is 11.9 Å². The highest BCUT2D eigenvalue weighted by molar-refractivity contribution is 6.02. The quantitative estimate of drug-likeness (QED) is 0.519. The first-order valence-corrected chi connectivity index (χ1v) is 10.3. The molecule has 3 N–H and O–H groups in total. The Morgan fingerprint density at radius 2 is 1.58 bits per heavy atom. The maximum absolute atomic E-state index is 14.0. The van der Waals surface area contributed by atoms with Crippen molar-refractivity contribution in [3.8, 4) is 11.1 Å². The van der Waals surface area contributed by atoms with Crippen molar-refractivity contribution in [3.05, 3.63) is 89.2 Å². The standard InChI is InChI=1S/C25H21FN2O5/c1-14(23(29)28-22-19(24(30)31)11-6-12-21(22)26)27-25(32)33-13-20-17-9-4-2-7-15(17)16-8-3-5-10-18(16)20/h2-12,14,20H,13H2,1H3,(H,27,32)(H,28,29)(H,30,31). The van der Waals surface area contributed by atoms with Crippen molar-refractivity contribution in [1.82, 2.24) is 5.32 Å². The number of carbonyl (C=O) groups excluding carboxylic acids is 2. The van der Waals surface area contributed by atoms with E-state index in [1.165, 1.54) is 19.1 Å². The molecule has 33 heavy (non-hydrogen) atoms. The molecule has 2 amide bonds. The number of alkyl carbamates (subject to hydrolysis) is 1. The van der Waals surface area contributed by atoms with E-state index in [9.17, 15) is 23.9 Å². The smallest absolute Gasteiger partial charge is 0.407 e. The molecular formula is C25H21FN2O5. The van der Waals surface area contributed by atoms with Gasteiger partial charge in [-0.05, 0) is 41.3 Å². The minimum Gasteiger partial charge on any atom is -0.478 e. The number of anilines is 1. The van der Waals surface area contributed by atoms with Crippen LogP contribution in [-0.4, -0.2) is 35.7 Å². The molecule has 1 unspecified atom stereocenters. The van der Waals surface area contributed by atoms with Crippen molar-refractivity contribution < 1.29 is 28.6 Å². The highest BCUT2D eigenvalue weighted by Crippen LogP contribution is 2.44. The number of benzene rings is 3. The van der Waals surface area contributed by atoms with E-state index in [0.29, 0.717) is 0 Å². The number of halogens is 1. The molecule has 1 aliphatic rings. The van der Waals surface area contributed by atoms with Gasteiger partial charge in [-0.3, -0.25) is 4.79 Å². The van der Waals surface area contributed by atoms with E-state index in [-0.39, 0.29) is 12.5 Å². The Kier molecular flexibility index (Phi) is 6.08. The summed E-state index contributed by atoms with van der Waals surface area (Å²) in [5.74, 6) is -3.20. The highest BCUT2D eigenvalue weighted by atomic mass is 19.1. The molecular weight excluding hydrogens is 427 g/mol. The fourth-order valence-corrected chi connectivity index (χ4v) is 3.94. The molecule has 0 fully saturated rings. The molecule has 7 nitrogen and oxygen atoms in total. The van der Waals surface area contributed by atoms with E-state index in [4.69, 9.17) is 4.74 Å². The molecule has 0 spiro atoms. The Morgan fingerprint density at radius 3 is 2.18 bits per heavy atom. The van der Waals surface area contributed by atoms with Gasteiger partial charge in [0.1, 0.15) is 18.5 Å². The number of rotatable bonds is 6. The van der Waals surface area contributed by atoms with Gasteiger partial charge in [-0.1, -0.05) is 54.6 Å². The van der Waals surface area contributed by atoms with Gasteiger partial charge in [0.15, 0.2) is 0 Å². The summed E-state index contributed by atoms with van der Waals surface area (Å²) in [6.07, 6.45) is -0.813. The van der Waals surface area contributed by atoms with Gasteiger partial charge in [0.05, 0.1) is 11.3 Å². The zero-order valence-electron chi connectivity index (χ0n) is 17.7. The van der Waals surface area contributed by atoms with E-state index in [1.54, 1.807) is 0 Å². The number of nitrogens with one attached hydrogen (secondary N) is 2. The van der Waals surface area contributed by atoms with Crippen LogP contribution in [0.2, 0.25) is 0 Å². The Morgan fingerprint density at radius 1 is 0.970 bits per heavy atom. The summed E-state index contributed by atoms with van der Waals surface area (Å²) >= 11 is 0. The van der Waals surface area contributed by atoms with E-state index in [2.05, 4.69) is 10.6 Å². The number of carboxylic acids is 1. The number of hydrogen-bond acceptors (Lipinski definition) is 4. The van der Waals surface area contributed by atoms with Crippen molar-refractivity contribution in [3.63, 3.8) is 0 Å². The van der Waals surface area contributed by atoms with Gasteiger partial charge in [-0.2, -0.15) is 0 Å². The van der Waals surface area contributed by atoms with Gasteiger partial charge in [-0.15, -0.1) is 0 Å². The number of amides is 2. The number of hydrogen-bond donors (Lipinski definition) is 3. The normalized spacial score (nSPS) is 12.9. The number of carbonyl (C=O) groups is 3. The predicted octanol–water partition coefficient (Wildman–Crippen LogP) is 4.39. The topological polar surface area (TPSA) is 105 Å². The van der Waals surface area contributed by atoms with Gasteiger partial charge in [0, 0.05) is 5.92 Å². The second kappa shape index (κ2) is 9.12. The number of carboxylic acid groups (broad SMARTS) is 1. The summed E-state index contributed by atoms with van der Waals surface area (Å²) in [5, 5.41) is 13.8. The molecule has 0 heterocycles. The zero-order chi connectivity index (χ0) is 23.5. The van der Waals surface area contributed by atoms with Crippen LogP contribution in [0.5, 0.6) is 0 Å². The van der Waals surface area contributed by atoms with Crippen LogP contribution in [-0.2, 0) is 9.53 Å². The van der Waals surface area contributed by atoms with Crippen LogP contribution in [0.15, 0.2) is 66.7 Å². The maximum Gasteiger partial charge on any atom is 0.407 e. The Balaban J connectivity index is 1.39. The van der Waals surface area contributed by atoms with Gasteiger partial charge in [0.2, 0.25) is 5.91 Å². The zero-order valence-corrected chi connectivity index (χ0v) is 17.7. The molecule has 1 aliphatic carbocycles. The van der Waals surface area contributed by atoms with Crippen molar-refractivity contribution in [2.24, 2.45) is 0 Å². The lowest BCUT2D eigenvalue weighted by molar-refractivity contribution is -0.117. The average Bonchev–Trinajstić information content (AvgIpc) is 3.12. The second-order valence-electron chi connectivity index (χ2n) is 7.65. The van der Waals surface area contributed by atoms with E-state index in [1.807, 2.05) is 48.5 Å². The van der Waals surface area contributed by atoms with Crippen molar-refractivity contribution in [1.29, 1.82) is 0 Å². The molecule has 0 saturated carbocycles. The molecule has 3 aromatic carbocycles. The third-order valence-corrected chi connectivity index (χ3v) is 5.56. The molecule has 8 heteroatoms. The minimum absolute atomic E-state index is 0.0741. The van der Waals surface area contributed by atoms with Crippen LogP contribution in [0.1, 0.15) is 34.3 Å². The number of ether oxygens (including phenoxy) is 1. The predicted molar refractivity (Wildman–Crippen MR) is 120 cm³/mol. The molecule has 168 valence electrons. The molecule has 0 radical (unpaired) electrons. The Bertz CT molecular complexity index is 1200. The molecule has 0 saturated heterocycles. The summed E-state index contributed by atoms with van der Waals surface area (Å²) < 4.78 is 19.4. The van der Waals surface area contributed by atoms with Gasteiger partial charge < -0.3 is 20.5 Å². The summed E-state index contributed by atoms with van der Waals surface area (Å²) in [7, 11) is 0. The SMILES string of the molecule is CC(NC(=O)OCC1c2ccccc2-c2ccccc21)C(=O)Nc1c(F)cccc1C(=O)O. The van der Waals surface area contributed by atoms with Crippen LogP contribution in [0, 0.1) is 5.82 Å². The lowest BCUT2D eigenvalue weighted by Gasteiger charge is -2.18. The Labute approximate surface area is 189 Å². The van der Waals surface area contributed by atoms with Crippen molar-refractivity contribution >= 4 is 23.7 Å². The fourth-order valence-electron chi connectivity index (χ4n) is 3.94. The minimum atomic E-state index is -1.39. The molecule has 0 bridgehead atoms. The number of para-hydroxylation sites is 1. The first kappa shape index (κ1) is 22.0. The molecule has 0 aromatic heterocycles. The van der Waals surface area contributed by atoms with Crippen LogP contribution < -0.4 is 10.6 Å². The summed E-state index contributed by atoms with van der Waals surface area (Å²) in [6, 6.07) is 18.1. The van der Waals surface area contributed by atoms with Crippen molar-refractivity contribution in [2.45, 2.75) is 18.9 Å². The third-order valence-electron chi connectivity index (χ3n) is 5.56. The highest BCUT2D eigenvalue weighted by Gasteiger charge is 2.29. The monoisotopic (exact) mass is 448 g/mol. The van der Waals surface area contributed by atoms with Gasteiger partial charge in [-0.25, -0.2) is 14.0 Å². The van der Waals surface area contributed by atoms with Crippen LogP contribution >= 0.6 is 0 Å². The van der Waals surface area contributed by atoms with E-state index in [0.717, 1.165) is 28.3 Å². The van der Waals surface area contributed by atoms with E-state index < -0.39 is 41.1 Å². The molecule has 3 aromatic rings. The average molecular weight is 448 g/mol. The number of fused-ring (bicyclic) bond motifs is 3. The summed E-state index contributed by atoms with van der Waals surface area (Å²) in [5.41, 5.74) is 3.44. The molecule has 1 atom stereocenters. The summed E-state index contributed by atoms with van der Waals surface area (Å²) in [4.78, 5) is 36.1. The van der Waals surface area contributed by atoms with Gasteiger partial charge in [0.25, 0.3) is 0 Å². The Hall–Kier alpha value is -4.20. The summed E-state index contributed by atoms with van der Waals surface area (Å²) in [6.45, 7) is 1.46. The molecule has 0 aliphatic heterocycles. The van der Waals surface area contributed by atoms with Gasteiger partial charge >= 0.3 is 12.1 Å². The second-order valence-corrected chi connectivity index (χ2v) is 7.65. The number of aromatic carboxylic acids is 1. The largest absolute Gasteiger partial charge is 0.478 e. The molecule has 4 rings (SSSR count). The first-order valence-electron chi connectivity index (χ1n) is 10.3.